The van der Waals surface area contributed by atoms with E-state index in [0.717, 1.165) is 10.5 Å². The van der Waals surface area contributed by atoms with Crippen LogP contribution in [-0.2, 0) is 20.7 Å². The van der Waals surface area contributed by atoms with Crippen LogP contribution in [0.4, 0.5) is 11.4 Å². The zero-order chi connectivity index (χ0) is 25.7. The molecule has 0 aliphatic carbocycles. The predicted molar refractivity (Wildman–Crippen MR) is 136 cm³/mol. The van der Waals surface area contributed by atoms with Gasteiger partial charge in [-0.3, -0.25) is 19.3 Å². The molecule has 0 radical (unpaired) electrons. The molecular weight excluding hydrogens is 482 g/mol. The topological polar surface area (TPSA) is 105 Å². The lowest BCUT2D eigenvalue weighted by Gasteiger charge is -2.15. The minimum Gasteiger partial charge on any atom is -0.465 e. The Morgan fingerprint density at radius 2 is 1.44 bits per heavy atom. The van der Waals surface area contributed by atoms with Crippen molar-refractivity contribution in [3.63, 3.8) is 0 Å². The van der Waals surface area contributed by atoms with Crippen LogP contribution in [-0.4, -0.2) is 42.2 Å². The molecule has 3 aromatic carbocycles. The molecule has 3 aromatic rings. The Labute approximate surface area is 212 Å². The molecule has 9 heteroatoms. The number of ether oxygens (including phenoxy) is 1. The van der Waals surface area contributed by atoms with Gasteiger partial charge in [0.1, 0.15) is 10.7 Å². The summed E-state index contributed by atoms with van der Waals surface area (Å²) in [6.45, 7) is 0.211. The first-order valence-electron chi connectivity index (χ1n) is 11.0. The number of carbonyl (C=O) groups excluding carboxylic acids is 4. The number of rotatable bonds is 8. The third-order valence-electron chi connectivity index (χ3n) is 5.56. The van der Waals surface area contributed by atoms with Crippen molar-refractivity contribution in [3.8, 4) is 0 Å². The van der Waals surface area contributed by atoms with Gasteiger partial charge in [-0.1, -0.05) is 41.9 Å². The molecular formula is C27H22ClN3O5. The van der Waals surface area contributed by atoms with E-state index >= 15 is 0 Å². The number of anilines is 2. The van der Waals surface area contributed by atoms with Crippen LogP contribution in [0.5, 0.6) is 0 Å². The van der Waals surface area contributed by atoms with Gasteiger partial charge in [0.15, 0.2) is 0 Å². The largest absolute Gasteiger partial charge is 0.465 e. The van der Waals surface area contributed by atoms with E-state index in [0.29, 0.717) is 28.9 Å². The van der Waals surface area contributed by atoms with Crippen LogP contribution in [0.3, 0.4) is 0 Å². The molecule has 1 heterocycles. The fourth-order valence-electron chi connectivity index (χ4n) is 3.60. The average molecular weight is 504 g/mol. The van der Waals surface area contributed by atoms with E-state index in [1.165, 1.54) is 7.11 Å². The van der Waals surface area contributed by atoms with E-state index in [4.69, 9.17) is 11.6 Å². The molecule has 4 rings (SSSR count). The quantitative estimate of drug-likeness (QED) is 0.352. The lowest BCUT2D eigenvalue weighted by atomic mass is 10.1. The van der Waals surface area contributed by atoms with Crippen LogP contribution in [0.1, 0.15) is 26.3 Å². The second-order valence-electron chi connectivity index (χ2n) is 7.91. The van der Waals surface area contributed by atoms with E-state index in [2.05, 4.69) is 15.4 Å². The van der Waals surface area contributed by atoms with Gasteiger partial charge in [0.05, 0.1) is 12.7 Å². The lowest BCUT2D eigenvalue weighted by molar-refractivity contribution is -0.137. The minimum absolute atomic E-state index is 0.00220. The van der Waals surface area contributed by atoms with E-state index in [-0.39, 0.29) is 23.2 Å². The Morgan fingerprint density at radius 1 is 0.833 bits per heavy atom. The highest BCUT2D eigenvalue weighted by Crippen LogP contribution is 2.26. The zero-order valence-electron chi connectivity index (χ0n) is 19.3. The van der Waals surface area contributed by atoms with Crippen LogP contribution in [0.25, 0.3) is 0 Å². The van der Waals surface area contributed by atoms with Crippen LogP contribution >= 0.6 is 11.6 Å². The fraction of sp³-hybridized carbons (Fsp3) is 0.111. The van der Waals surface area contributed by atoms with Crippen LogP contribution in [0.2, 0.25) is 0 Å². The summed E-state index contributed by atoms with van der Waals surface area (Å²) in [7, 11) is 1.30. The molecule has 0 atom stereocenters. The molecule has 0 saturated carbocycles. The number of halogens is 1. The monoisotopic (exact) mass is 503 g/mol. The van der Waals surface area contributed by atoms with Crippen LogP contribution < -0.4 is 10.6 Å². The summed E-state index contributed by atoms with van der Waals surface area (Å²) in [4.78, 5) is 50.6. The Morgan fingerprint density at radius 3 is 2.08 bits per heavy atom. The smallest absolute Gasteiger partial charge is 0.337 e. The number of hydrogen-bond acceptors (Lipinski definition) is 6. The van der Waals surface area contributed by atoms with Gasteiger partial charge in [-0.2, -0.15) is 0 Å². The Kier molecular flexibility index (Phi) is 7.46. The molecule has 8 nitrogen and oxygen atoms in total. The standard InChI is InChI=1S/C27H22ClN3O5/c1-36-27(35)19-9-13-21(14-10-19)30-24(32)18-7-11-20(12-8-18)29-23-22(28)25(33)31(26(23)34)16-15-17-5-3-2-4-6-17/h2-14,29H,15-16H2,1H3,(H,30,32). The summed E-state index contributed by atoms with van der Waals surface area (Å²) in [6.07, 6.45) is 0.519. The number of benzene rings is 3. The van der Waals surface area contributed by atoms with Crippen molar-refractivity contribution in [1.82, 2.24) is 4.90 Å². The number of methoxy groups -OCH3 is 1. The first kappa shape index (κ1) is 24.7. The maximum absolute atomic E-state index is 12.8. The molecule has 1 aliphatic rings. The molecule has 0 aromatic heterocycles. The van der Waals surface area contributed by atoms with Gasteiger partial charge < -0.3 is 15.4 Å². The van der Waals surface area contributed by atoms with Gasteiger partial charge >= 0.3 is 5.97 Å². The van der Waals surface area contributed by atoms with Crippen LogP contribution in [0, 0.1) is 0 Å². The molecule has 0 saturated heterocycles. The van der Waals surface area contributed by atoms with E-state index in [1.54, 1.807) is 48.5 Å². The van der Waals surface area contributed by atoms with Crippen molar-refractivity contribution in [2.24, 2.45) is 0 Å². The summed E-state index contributed by atoms with van der Waals surface area (Å²) in [5.41, 5.74) is 2.75. The Bertz CT molecular complexity index is 1340. The first-order chi connectivity index (χ1) is 17.4. The number of nitrogens with one attached hydrogen (secondary N) is 2. The first-order valence-corrected chi connectivity index (χ1v) is 11.4. The molecule has 182 valence electrons. The number of carbonyl (C=O) groups is 4. The molecule has 36 heavy (non-hydrogen) atoms. The van der Waals surface area contributed by atoms with Gasteiger partial charge in [-0.15, -0.1) is 0 Å². The highest BCUT2D eigenvalue weighted by molar-refractivity contribution is 6.48. The minimum atomic E-state index is -0.547. The fourth-order valence-corrected chi connectivity index (χ4v) is 3.83. The van der Waals surface area contributed by atoms with Crippen molar-refractivity contribution in [2.45, 2.75) is 6.42 Å². The normalized spacial score (nSPS) is 13.1. The van der Waals surface area contributed by atoms with Gasteiger partial charge in [0, 0.05) is 23.5 Å². The van der Waals surface area contributed by atoms with Gasteiger partial charge in [-0.25, -0.2) is 4.79 Å². The van der Waals surface area contributed by atoms with Crippen molar-refractivity contribution in [3.05, 3.63) is 106 Å². The van der Waals surface area contributed by atoms with Crippen LogP contribution in [0.15, 0.2) is 89.6 Å². The Hall–Kier alpha value is -4.43. The number of amides is 3. The lowest BCUT2D eigenvalue weighted by Crippen LogP contribution is -2.34. The summed E-state index contributed by atoms with van der Waals surface area (Å²) >= 11 is 6.17. The number of imide groups is 1. The van der Waals surface area contributed by atoms with E-state index < -0.39 is 17.8 Å². The maximum atomic E-state index is 12.8. The SMILES string of the molecule is COC(=O)c1ccc(NC(=O)c2ccc(NC3=C(Cl)C(=O)N(CCc4ccccc4)C3=O)cc2)cc1. The third kappa shape index (κ3) is 5.45. The highest BCUT2D eigenvalue weighted by atomic mass is 35.5. The molecule has 0 fully saturated rings. The number of nitrogens with zero attached hydrogens (tertiary/aromatic N) is 1. The number of hydrogen-bond donors (Lipinski definition) is 2. The molecule has 3 amide bonds. The third-order valence-corrected chi connectivity index (χ3v) is 5.91. The summed E-state index contributed by atoms with van der Waals surface area (Å²) in [5.74, 6) is -1.87. The molecule has 0 unspecified atom stereocenters. The van der Waals surface area contributed by atoms with E-state index in [9.17, 15) is 19.2 Å². The van der Waals surface area contributed by atoms with Crippen molar-refractivity contribution < 1.29 is 23.9 Å². The molecule has 0 spiro atoms. The van der Waals surface area contributed by atoms with Gasteiger partial charge in [-0.05, 0) is 60.5 Å². The summed E-state index contributed by atoms with van der Waals surface area (Å²) < 4.78 is 4.65. The van der Waals surface area contributed by atoms with Gasteiger partial charge in [0.2, 0.25) is 0 Å². The second kappa shape index (κ2) is 10.9. The van der Waals surface area contributed by atoms with Crippen molar-refractivity contribution in [1.29, 1.82) is 0 Å². The highest BCUT2D eigenvalue weighted by Gasteiger charge is 2.37. The molecule has 2 N–H and O–H groups in total. The Balaban J connectivity index is 1.37. The van der Waals surface area contributed by atoms with E-state index in [1.807, 2.05) is 30.3 Å². The second-order valence-corrected chi connectivity index (χ2v) is 8.29. The molecule has 0 bridgehead atoms. The molecule has 1 aliphatic heterocycles. The summed E-state index contributed by atoms with van der Waals surface area (Å²) in [6, 6.07) is 22.2. The number of esters is 1. The predicted octanol–water partition coefficient (Wildman–Crippen LogP) is 4.20. The van der Waals surface area contributed by atoms with Crippen molar-refractivity contribution in [2.75, 3.05) is 24.3 Å². The zero-order valence-corrected chi connectivity index (χ0v) is 20.0. The summed E-state index contributed by atoms with van der Waals surface area (Å²) in [5, 5.41) is 5.46. The maximum Gasteiger partial charge on any atom is 0.337 e. The van der Waals surface area contributed by atoms with Gasteiger partial charge in [0.25, 0.3) is 17.7 Å². The van der Waals surface area contributed by atoms with Crippen molar-refractivity contribution >= 4 is 46.7 Å². The average Bonchev–Trinajstić information content (AvgIpc) is 3.11.